The summed E-state index contributed by atoms with van der Waals surface area (Å²) in [6, 6.07) is 0. The summed E-state index contributed by atoms with van der Waals surface area (Å²) in [7, 11) is 0. The molecule has 0 bridgehead atoms. The van der Waals surface area contributed by atoms with Crippen molar-refractivity contribution in [2.45, 2.75) is 19.8 Å². The van der Waals surface area contributed by atoms with Crippen molar-refractivity contribution in [3.05, 3.63) is 0 Å². The van der Waals surface area contributed by atoms with Gasteiger partial charge in [-0.2, -0.15) is 0 Å². The Balaban J connectivity index is 2.78. The van der Waals surface area contributed by atoms with E-state index in [1.54, 1.807) is 6.92 Å². The summed E-state index contributed by atoms with van der Waals surface area (Å²) in [5, 5.41) is 11.3. The van der Waals surface area contributed by atoms with E-state index in [0.717, 1.165) is 0 Å². The van der Waals surface area contributed by atoms with Crippen LogP contribution in [0.4, 0.5) is 0 Å². The highest BCUT2D eigenvalue weighted by molar-refractivity contribution is 5.88. The van der Waals surface area contributed by atoms with Crippen molar-refractivity contribution >= 4 is 11.9 Å². The number of nitrogens with one attached hydrogen (secondary N) is 1. The molecule has 1 heterocycles. The van der Waals surface area contributed by atoms with E-state index in [1.807, 2.05) is 0 Å². The highest BCUT2D eigenvalue weighted by Gasteiger charge is 2.43. The van der Waals surface area contributed by atoms with Gasteiger partial charge in [-0.25, -0.2) is 0 Å². The lowest BCUT2D eigenvalue weighted by Crippen LogP contribution is -2.32. The molecule has 4 heteroatoms. The summed E-state index contributed by atoms with van der Waals surface area (Å²) >= 11 is 0. The molecule has 1 saturated heterocycles. The summed E-state index contributed by atoms with van der Waals surface area (Å²) < 4.78 is 0. The molecule has 0 aromatic carbocycles. The van der Waals surface area contributed by atoms with Crippen molar-refractivity contribution in [3.8, 4) is 0 Å². The minimum absolute atomic E-state index is 0.124. The first-order valence-corrected chi connectivity index (χ1v) is 3.61. The lowest BCUT2D eigenvalue weighted by Gasteiger charge is -2.18. The molecular formula is C7H11NO3. The molecule has 1 unspecified atom stereocenters. The normalized spacial score (nSPS) is 30.1. The van der Waals surface area contributed by atoms with Gasteiger partial charge >= 0.3 is 5.97 Å². The number of aliphatic carboxylic acids is 1. The average molecular weight is 157 g/mol. The second-order valence-electron chi connectivity index (χ2n) is 2.89. The summed E-state index contributed by atoms with van der Waals surface area (Å²) in [6.45, 7) is 2.06. The number of hydrogen-bond acceptors (Lipinski definition) is 2. The molecule has 0 aliphatic carbocycles. The standard InChI is InChI=1S/C7H11NO3/c1-2-7(6(10)11)3-5(9)8-4-7/h2-4H2,1H3,(H,8,9)(H,10,11). The molecule has 1 fully saturated rings. The van der Waals surface area contributed by atoms with Crippen LogP contribution in [0.2, 0.25) is 0 Å². The molecule has 1 atom stereocenters. The quantitative estimate of drug-likeness (QED) is 0.592. The largest absolute Gasteiger partial charge is 0.481 e. The first kappa shape index (κ1) is 8.04. The Hall–Kier alpha value is -1.06. The van der Waals surface area contributed by atoms with E-state index < -0.39 is 11.4 Å². The van der Waals surface area contributed by atoms with Crippen LogP contribution in [-0.4, -0.2) is 23.5 Å². The Kier molecular flexibility index (Phi) is 1.85. The minimum Gasteiger partial charge on any atom is -0.481 e. The van der Waals surface area contributed by atoms with Crippen LogP contribution >= 0.6 is 0 Å². The highest BCUT2D eigenvalue weighted by Crippen LogP contribution is 2.29. The Labute approximate surface area is 64.6 Å². The van der Waals surface area contributed by atoms with E-state index in [9.17, 15) is 9.59 Å². The van der Waals surface area contributed by atoms with Crippen LogP contribution in [0.5, 0.6) is 0 Å². The lowest BCUT2D eigenvalue weighted by molar-refractivity contribution is -0.148. The summed E-state index contributed by atoms with van der Waals surface area (Å²) in [4.78, 5) is 21.5. The molecule has 0 aromatic rings. The van der Waals surface area contributed by atoms with Crippen LogP contribution in [0, 0.1) is 5.41 Å². The van der Waals surface area contributed by atoms with E-state index in [4.69, 9.17) is 5.11 Å². The predicted molar refractivity (Wildman–Crippen MR) is 38.0 cm³/mol. The van der Waals surface area contributed by atoms with Crippen molar-refractivity contribution in [1.29, 1.82) is 0 Å². The number of carbonyl (C=O) groups excluding carboxylic acids is 1. The number of amides is 1. The molecule has 1 amide bonds. The van der Waals surface area contributed by atoms with Crippen molar-refractivity contribution in [3.63, 3.8) is 0 Å². The van der Waals surface area contributed by atoms with Gasteiger partial charge < -0.3 is 10.4 Å². The third kappa shape index (κ3) is 1.20. The van der Waals surface area contributed by atoms with E-state index >= 15 is 0 Å². The molecule has 0 aromatic heterocycles. The second-order valence-corrected chi connectivity index (χ2v) is 2.89. The number of hydrogen-bond donors (Lipinski definition) is 2. The first-order valence-electron chi connectivity index (χ1n) is 3.61. The molecule has 4 nitrogen and oxygen atoms in total. The Morgan fingerprint density at radius 2 is 2.45 bits per heavy atom. The molecule has 0 saturated carbocycles. The number of carboxylic acids is 1. The molecule has 62 valence electrons. The van der Waals surface area contributed by atoms with Crippen LogP contribution in [0.1, 0.15) is 19.8 Å². The Bertz CT molecular complexity index is 202. The minimum atomic E-state index is -0.877. The van der Waals surface area contributed by atoms with Gasteiger partial charge in [0.05, 0.1) is 5.41 Å². The number of rotatable bonds is 2. The van der Waals surface area contributed by atoms with E-state index in [2.05, 4.69) is 5.32 Å². The fourth-order valence-electron chi connectivity index (χ4n) is 1.25. The van der Waals surface area contributed by atoms with Crippen molar-refractivity contribution < 1.29 is 14.7 Å². The van der Waals surface area contributed by atoms with Gasteiger partial charge in [-0.1, -0.05) is 6.92 Å². The average Bonchev–Trinajstić information content (AvgIpc) is 2.33. The van der Waals surface area contributed by atoms with Gasteiger partial charge in [0.1, 0.15) is 0 Å². The molecule has 11 heavy (non-hydrogen) atoms. The van der Waals surface area contributed by atoms with Gasteiger partial charge in [0.2, 0.25) is 5.91 Å². The van der Waals surface area contributed by atoms with Crippen LogP contribution < -0.4 is 5.32 Å². The molecule has 1 rings (SSSR count). The predicted octanol–water partition coefficient (Wildman–Crippen LogP) is -0.0127. The van der Waals surface area contributed by atoms with Gasteiger partial charge in [-0.15, -0.1) is 0 Å². The van der Waals surface area contributed by atoms with Crippen molar-refractivity contribution in [2.75, 3.05) is 6.54 Å². The summed E-state index contributed by atoms with van der Waals surface area (Å²) in [6.07, 6.45) is 0.625. The van der Waals surface area contributed by atoms with Crippen LogP contribution in [0.3, 0.4) is 0 Å². The second kappa shape index (κ2) is 2.53. The van der Waals surface area contributed by atoms with Gasteiger partial charge in [0.25, 0.3) is 0 Å². The smallest absolute Gasteiger partial charge is 0.311 e. The van der Waals surface area contributed by atoms with Crippen molar-refractivity contribution in [1.82, 2.24) is 5.32 Å². The zero-order valence-corrected chi connectivity index (χ0v) is 6.39. The third-order valence-electron chi connectivity index (χ3n) is 2.25. The zero-order valence-electron chi connectivity index (χ0n) is 6.39. The molecule has 0 radical (unpaired) electrons. The van der Waals surface area contributed by atoms with Gasteiger partial charge in [0, 0.05) is 13.0 Å². The topological polar surface area (TPSA) is 66.4 Å². The van der Waals surface area contributed by atoms with Crippen LogP contribution in [-0.2, 0) is 9.59 Å². The maximum absolute atomic E-state index is 10.7. The molecule has 0 spiro atoms. The zero-order chi connectivity index (χ0) is 8.48. The monoisotopic (exact) mass is 157 g/mol. The Morgan fingerprint density at radius 3 is 2.64 bits per heavy atom. The summed E-state index contributed by atoms with van der Waals surface area (Å²) in [5.74, 6) is -1.03. The maximum Gasteiger partial charge on any atom is 0.311 e. The Morgan fingerprint density at radius 1 is 1.82 bits per heavy atom. The lowest BCUT2D eigenvalue weighted by atomic mass is 9.84. The molecular weight excluding hydrogens is 146 g/mol. The first-order chi connectivity index (χ1) is 5.10. The maximum atomic E-state index is 10.7. The molecule has 1 aliphatic heterocycles. The van der Waals surface area contributed by atoms with E-state index in [-0.39, 0.29) is 18.9 Å². The molecule has 2 N–H and O–H groups in total. The molecule has 1 aliphatic rings. The fraction of sp³-hybridized carbons (Fsp3) is 0.714. The fourth-order valence-corrected chi connectivity index (χ4v) is 1.25. The third-order valence-corrected chi connectivity index (χ3v) is 2.25. The van der Waals surface area contributed by atoms with E-state index in [1.165, 1.54) is 0 Å². The van der Waals surface area contributed by atoms with Gasteiger partial charge in [-0.3, -0.25) is 9.59 Å². The van der Waals surface area contributed by atoms with Crippen LogP contribution in [0.15, 0.2) is 0 Å². The SMILES string of the molecule is CCC1(C(=O)O)CNC(=O)C1. The van der Waals surface area contributed by atoms with Gasteiger partial charge in [0.15, 0.2) is 0 Å². The highest BCUT2D eigenvalue weighted by atomic mass is 16.4. The van der Waals surface area contributed by atoms with Crippen LogP contribution in [0.25, 0.3) is 0 Å². The summed E-state index contributed by atoms with van der Waals surface area (Å²) in [5.41, 5.74) is -0.836. The van der Waals surface area contributed by atoms with Gasteiger partial charge in [-0.05, 0) is 6.42 Å². The van der Waals surface area contributed by atoms with E-state index in [0.29, 0.717) is 6.42 Å². The number of carbonyl (C=O) groups is 2. The van der Waals surface area contributed by atoms with Crippen molar-refractivity contribution in [2.24, 2.45) is 5.41 Å². The number of carboxylic acid groups (broad SMARTS) is 1.